The third-order valence-corrected chi connectivity index (χ3v) is 4.24. The Morgan fingerprint density at radius 3 is 2.07 bits per heavy atom. The van der Waals surface area contributed by atoms with Gasteiger partial charge in [-0.3, -0.25) is 9.59 Å². The molecule has 146 valence electrons. The van der Waals surface area contributed by atoms with Gasteiger partial charge in [-0.05, 0) is 61.2 Å². The molecule has 2 rings (SSSR count). The van der Waals surface area contributed by atoms with E-state index in [9.17, 15) is 14.4 Å². The van der Waals surface area contributed by atoms with Gasteiger partial charge in [-0.1, -0.05) is 38.1 Å². The molecule has 28 heavy (non-hydrogen) atoms. The third-order valence-electron chi connectivity index (χ3n) is 4.24. The molecule has 1 atom stereocenters. The summed E-state index contributed by atoms with van der Waals surface area (Å²) in [7, 11) is 0. The van der Waals surface area contributed by atoms with Gasteiger partial charge in [-0.2, -0.15) is 0 Å². The van der Waals surface area contributed by atoms with Crippen LogP contribution in [0, 0.1) is 0 Å². The molecular formula is C23H25NO4. The van der Waals surface area contributed by atoms with Crippen molar-refractivity contribution in [2.24, 2.45) is 0 Å². The first-order valence-electron chi connectivity index (χ1n) is 9.17. The fourth-order valence-corrected chi connectivity index (χ4v) is 2.46. The van der Waals surface area contributed by atoms with Crippen molar-refractivity contribution in [1.82, 2.24) is 0 Å². The maximum absolute atomic E-state index is 12.2. The summed E-state index contributed by atoms with van der Waals surface area (Å²) in [4.78, 5) is 35.4. The molecular weight excluding hydrogens is 354 g/mol. The van der Waals surface area contributed by atoms with Crippen LogP contribution >= 0.6 is 0 Å². The van der Waals surface area contributed by atoms with Crippen LogP contribution in [0.15, 0.2) is 54.6 Å². The molecule has 1 amide bonds. The van der Waals surface area contributed by atoms with Gasteiger partial charge in [0.1, 0.15) is 0 Å². The molecule has 0 spiro atoms. The maximum Gasteiger partial charge on any atom is 0.331 e. The molecule has 1 N–H and O–H groups in total. The van der Waals surface area contributed by atoms with Crippen molar-refractivity contribution in [3.05, 3.63) is 71.3 Å². The number of nitrogens with one attached hydrogen (secondary N) is 1. The van der Waals surface area contributed by atoms with Crippen molar-refractivity contribution in [1.29, 1.82) is 0 Å². The Kier molecular flexibility index (Phi) is 7.27. The predicted octanol–water partition coefficient (Wildman–Crippen LogP) is 4.60. The Morgan fingerprint density at radius 1 is 0.929 bits per heavy atom. The van der Waals surface area contributed by atoms with E-state index in [2.05, 4.69) is 19.2 Å². The predicted molar refractivity (Wildman–Crippen MR) is 110 cm³/mol. The molecule has 0 saturated heterocycles. The van der Waals surface area contributed by atoms with Crippen LogP contribution in [0.2, 0.25) is 0 Å². The van der Waals surface area contributed by atoms with E-state index in [1.165, 1.54) is 25.5 Å². The van der Waals surface area contributed by atoms with Crippen molar-refractivity contribution in [3.8, 4) is 0 Å². The van der Waals surface area contributed by atoms with Gasteiger partial charge in [0.25, 0.3) is 5.91 Å². The molecule has 0 radical (unpaired) electrons. The van der Waals surface area contributed by atoms with Crippen LogP contribution in [-0.4, -0.2) is 23.8 Å². The molecule has 5 nitrogen and oxygen atoms in total. The number of hydrogen-bond acceptors (Lipinski definition) is 4. The van der Waals surface area contributed by atoms with Gasteiger partial charge in [0.15, 0.2) is 11.9 Å². The smallest absolute Gasteiger partial charge is 0.331 e. The summed E-state index contributed by atoms with van der Waals surface area (Å²) in [5, 5.41) is 2.65. The van der Waals surface area contributed by atoms with Crippen molar-refractivity contribution < 1.29 is 19.1 Å². The largest absolute Gasteiger partial charge is 0.449 e. The molecule has 0 heterocycles. The quantitative estimate of drug-likeness (QED) is 0.434. The molecule has 1 unspecified atom stereocenters. The highest BCUT2D eigenvalue weighted by Crippen LogP contribution is 2.15. The number of benzene rings is 2. The van der Waals surface area contributed by atoms with Crippen molar-refractivity contribution in [3.63, 3.8) is 0 Å². The zero-order chi connectivity index (χ0) is 20.7. The second kappa shape index (κ2) is 9.65. The van der Waals surface area contributed by atoms with Crippen molar-refractivity contribution in [2.45, 2.75) is 39.7 Å². The average Bonchev–Trinajstić information content (AvgIpc) is 2.67. The summed E-state index contributed by atoms with van der Waals surface area (Å²) >= 11 is 0. The van der Waals surface area contributed by atoms with Crippen LogP contribution in [0.3, 0.4) is 0 Å². The Morgan fingerprint density at radius 2 is 1.54 bits per heavy atom. The average molecular weight is 379 g/mol. The van der Waals surface area contributed by atoms with E-state index in [4.69, 9.17) is 4.74 Å². The van der Waals surface area contributed by atoms with Gasteiger partial charge in [-0.15, -0.1) is 0 Å². The zero-order valence-electron chi connectivity index (χ0n) is 16.6. The Balaban J connectivity index is 1.88. The SMILES string of the molecule is CC(=O)c1ccc(NC(=O)C(C)OC(=O)/C=C/c2ccc(C(C)C)cc2)cc1. The van der Waals surface area contributed by atoms with Crippen LogP contribution in [0.5, 0.6) is 0 Å². The summed E-state index contributed by atoms with van der Waals surface area (Å²) in [6.45, 7) is 7.21. The minimum absolute atomic E-state index is 0.0502. The van der Waals surface area contributed by atoms with E-state index in [0.29, 0.717) is 17.2 Å². The summed E-state index contributed by atoms with van der Waals surface area (Å²) in [5.74, 6) is -0.645. The number of ether oxygens (including phenoxy) is 1. The van der Waals surface area contributed by atoms with Gasteiger partial charge in [-0.25, -0.2) is 4.79 Å². The van der Waals surface area contributed by atoms with Crippen LogP contribution in [0.25, 0.3) is 6.08 Å². The molecule has 2 aromatic rings. The highest BCUT2D eigenvalue weighted by molar-refractivity contribution is 5.98. The Bertz CT molecular complexity index is 864. The maximum atomic E-state index is 12.2. The number of rotatable bonds is 7. The molecule has 0 aliphatic carbocycles. The number of Topliss-reactive ketones (excluding diaryl/α,β-unsaturated/α-hetero) is 1. The standard InChI is InChI=1S/C23H25NO4/c1-15(2)19-8-5-18(6-9-19)7-14-22(26)28-17(4)23(27)24-21-12-10-20(11-13-21)16(3)25/h5-15,17H,1-4H3,(H,24,27)/b14-7+. The molecule has 0 saturated carbocycles. The normalized spacial score (nSPS) is 12.0. The molecule has 2 aromatic carbocycles. The lowest BCUT2D eigenvalue weighted by atomic mass is 10.0. The minimum Gasteiger partial charge on any atom is -0.449 e. The molecule has 0 aliphatic heterocycles. The topological polar surface area (TPSA) is 72.5 Å². The van der Waals surface area contributed by atoms with Crippen LogP contribution < -0.4 is 5.32 Å². The first-order valence-corrected chi connectivity index (χ1v) is 9.17. The second-order valence-electron chi connectivity index (χ2n) is 6.86. The first-order chi connectivity index (χ1) is 13.3. The van der Waals surface area contributed by atoms with E-state index in [1.54, 1.807) is 30.3 Å². The first kappa shape index (κ1) is 21.1. The minimum atomic E-state index is -0.951. The summed E-state index contributed by atoms with van der Waals surface area (Å²) in [6, 6.07) is 14.4. The van der Waals surface area contributed by atoms with Gasteiger partial charge >= 0.3 is 5.97 Å². The van der Waals surface area contributed by atoms with Crippen LogP contribution in [-0.2, 0) is 14.3 Å². The summed E-state index contributed by atoms with van der Waals surface area (Å²) in [6.07, 6.45) is 2.00. The monoisotopic (exact) mass is 379 g/mol. The Labute approximate surface area is 165 Å². The van der Waals surface area contributed by atoms with Crippen molar-refractivity contribution in [2.75, 3.05) is 5.32 Å². The molecule has 5 heteroatoms. The van der Waals surface area contributed by atoms with E-state index in [1.807, 2.05) is 24.3 Å². The third kappa shape index (κ3) is 6.20. The van der Waals surface area contributed by atoms with E-state index >= 15 is 0 Å². The summed E-state index contributed by atoms with van der Waals surface area (Å²) < 4.78 is 5.14. The molecule has 0 aromatic heterocycles. The molecule has 0 aliphatic rings. The van der Waals surface area contributed by atoms with Crippen molar-refractivity contribution >= 4 is 29.4 Å². The van der Waals surface area contributed by atoms with Gasteiger partial charge in [0.2, 0.25) is 0 Å². The Hall–Kier alpha value is -3.21. The molecule has 0 bridgehead atoms. The summed E-state index contributed by atoms with van der Waals surface area (Å²) in [5.41, 5.74) is 3.19. The van der Waals surface area contributed by atoms with Crippen LogP contribution in [0.1, 0.15) is 55.1 Å². The van der Waals surface area contributed by atoms with E-state index in [0.717, 1.165) is 5.56 Å². The van der Waals surface area contributed by atoms with Gasteiger partial charge in [0.05, 0.1) is 0 Å². The number of carbonyl (C=O) groups excluding carboxylic acids is 3. The number of carbonyl (C=O) groups is 3. The van der Waals surface area contributed by atoms with E-state index < -0.39 is 18.0 Å². The number of ketones is 1. The number of amides is 1. The number of hydrogen-bond donors (Lipinski definition) is 1. The lowest BCUT2D eigenvalue weighted by Crippen LogP contribution is -2.29. The van der Waals surface area contributed by atoms with Gasteiger partial charge in [0, 0.05) is 17.3 Å². The second-order valence-corrected chi connectivity index (χ2v) is 6.86. The highest BCUT2D eigenvalue weighted by atomic mass is 16.5. The molecule has 0 fully saturated rings. The van der Waals surface area contributed by atoms with Crippen LogP contribution in [0.4, 0.5) is 5.69 Å². The number of anilines is 1. The zero-order valence-corrected chi connectivity index (χ0v) is 16.6. The lowest BCUT2D eigenvalue weighted by Gasteiger charge is -2.12. The lowest BCUT2D eigenvalue weighted by molar-refractivity contribution is -0.148. The van der Waals surface area contributed by atoms with Gasteiger partial charge < -0.3 is 10.1 Å². The highest BCUT2D eigenvalue weighted by Gasteiger charge is 2.16. The fraction of sp³-hybridized carbons (Fsp3) is 0.261. The number of esters is 1. The fourth-order valence-electron chi connectivity index (χ4n) is 2.46. The van der Waals surface area contributed by atoms with E-state index in [-0.39, 0.29) is 5.78 Å².